The molecule has 0 saturated carbocycles. The number of rotatable bonds is 6. The minimum absolute atomic E-state index is 0.168. The van der Waals surface area contributed by atoms with Crippen molar-refractivity contribution in [2.24, 2.45) is 0 Å². The monoisotopic (exact) mass is 478 g/mol. The molecule has 3 aromatic rings. The number of aromatic nitrogens is 1. The second-order valence-corrected chi connectivity index (χ2v) is 10.7. The molecule has 1 aliphatic heterocycles. The van der Waals surface area contributed by atoms with Gasteiger partial charge in [0.1, 0.15) is 0 Å². The lowest BCUT2D eigenvalue weighted by Crippen LogP contribution is -2.35. The van der Waals surface area contributed by atoms with Crippen molar-refractivity contribution in [2.75, 3.05) is 19.7 Å². The van der Waals surface area contributed by atoms with Gasteiger partial charge in [0.05, 0.1) is 16.0 Å². The Balaban J connectivity index is 1.30. The van der Waals surface area contributed by atoms with Crippen LogP contribution in [0.1, 0.15) is 57.7 Å². The van der Waals surface area contributed by atoms with Gasteiger partial charge in [-0.15, -0.1) is 0 Å². The normalized spacial score (nSPS) is 16.4. The van der Waals surface area contributed by atoms with Crippen LogP contribution in [0.25, 0.3) is 10.9 Å². The fraction of sp³-hybridized carbons (Fsp3) is 0.346. The number of pyridine rings is 1. The number of nitrogens with zero attached hydrogens (tertiary/aromatic N) is 2. The number of ketones is 1. The number of ether oxygens (including phenoxy) is 1. The summed E-state index contributed by atoms with van der Waals surface area (Å²) >= 11 is 0. The Bertz CT molecular complexity index is 1360. The van der Waals surface area contributed by atoms with E-state index in [0.717, 1.165) is 60.7 Å². The van der Waals surface area contributed by atoms with Crippen LogP contribution in [0.5, 0.6) is 0 Å². The third kappa shape index (κ3) is 4.23. The maximum absolute atomic E-state index is 13.0. The molecule has 0 bridgehead atoms. The number of hydrogen-bond donors (Lipinski definition) is 0. The van der Waals surface area contributed by atoms with E-state index in [9.17, 15) is 18.0 Å². The lowest BCUT2D eigenvalue weighted by Gasteiger charge is -2.25. The van der Waals surface area contributed by atoms with E-state index < -0.39 is 22.6 Å². The first kappa shape index (κ1) is 22.7. The predicted molar refractivity (Wildman–Crippen MR) is 127 cm³/mol. The summed E-state index contributed by atoms with van der Waals surface area (Å²) in [6.07, 6.45) is 5.28. The third-order valence-corrected chi connectivity index (χ3v) is 8.50. The molecule has 0 unspecified atom stereocenters. The first-order valence-corrected chi connectivity index (χ1v) is 13.1. The molecule has 1 aromatic heterocycles. The summed E-state index contributed by atoms with van der Waals surface area (Å²) in [7, 11) is -3.56. The highest BCUT2D eigenvalue weighted by molar-refractivity contribution is 7.89. The average molecular weight is 479 g/mol. The molecule has 0 N–H and O–H groups in total. The molecular weight excluding hydrogens is 452 g/mol. The van der Waals surface area contributed by atoms with Crippen molar-refractivity contribution >= 4 is 32.7 Å². The van der Waals surface area contributed by atoms with Crippen LogP contribution < -0.4 is 0 Å². The van der Waals surface area contributed by atoms with Gasteiger partial charge in [0, 0.05) is 29.7 Å². The zero-order chi connectivity index (χ0) is 23.7. The van der Waals surface area contributed by atoms with Gasteiger partial charge in [0.25, 0.3) is 0 Å². The Morgan fingerprint density at radius 2 is 1.65 bits per heavy atom. The van der Waals surface area contributed by atoms with Gasteiger partial charge in [0.15, 0.2) is 12.4 Å². The van der Waals surface area contributed by atoms with E-state index in [4.69, 9.17) is 4.74 Å². The number of carbonyl (C=O) groups excluding carboxylic acids is 2. The summed E-state index contributed by atoms with van der Waals surface area (Å²) in [6, 6.07) is 13.3. The van der Waals surface area contributed by atoms with Crippen LogP contribution in [0.4, 0.5) is 0 Å². The Morgan fingerprint density at radius 1 is 0.912 bits per heavy atom. The second-order valence-electron chi connectivity index (χ2n) is 8.77. The maximum atomic E-state index is 13.0. The van der Waals surface area contributed by atoms with E-state index in [1.807, 2.05) is 24.3 Å². The lowest BCUT2D eigenvalue weighted by molar-refractivity contribution is 0.0475. The van der Waals surface area contributed by atoms with Crippen LogP contribution in [0.3, 0.4) is 0 Å². The molecule has 2 aromatic carbocycles. The minimum Gasteiger partial charge on any atom is -0.454 e. The SMILES string of the molecule is O=C(COC(=O)c1c2c(nc3ccccc13)CCC2)c1ccc(S(=O)(=O)N2CCCCC2)cc1. The van der Waals surface area contributed by atoms with Gasteiger partial charge in [-0.3, -0.25) is 9.78 Å². The Kier molecular flexibility index (Phi) is 6.18. The number of benzene rings is 2. The van der Waals surface area contributed by atoms with E-state index in [1.54, 1.807) is 0 Å². The summed E-state index contributed by atoms with van der Waals surface area (Å²) in [5, 5.41) is 0.730. The number of para-hydroxylation sites is 1. The number of esters is 1. The Hall–Kier alpha value is -3.10. The minimum atomic E-state index is -3.56. The van der Waals surface area contributed by atoms with E-state index >= 15 is 0 Å². The van der Waals surface area contributed by atoms with Crippen LogP contribution >= 0.6 is 0 Å². The number of piperidine rings is 1. The standard InChI is InChI=1S/C26H26N2O5S/c29-24(18-11-13-19(14-12-18)34(31,32)28-15-4-1-5-16-28)17-33-26(30)25-20-7-2-3-9-22(20)27-23-10-6-8-21(23)25/h2-3,7,9,11-14H,1,4-6,8,10,15-17H2. The molecule has 0 atom stereocenters. The number of carbonyl (C=O) groups is 2. The van der Waals surface area contributed by atoms with E-state index in [1.165, 1.54) is 28.6 Å². The molecule has 0 spiro atoms. The molecule has 7 nitrogen and oxygen atoms in total. The highest BCUT2D eigenvalue weighted by atomic mass is 32.2. The second kappa shape index (κ2) is 9.27. The van der Waals surface area contributed by atoms with E-state index in [-0.39, 0.29) is 10.7 Å². The number of Topliss-reactive ketones (excluding diaryl/α,β-unsaturated/α-hetero) is 1. The lowest BCUT2D eigenvalue weighted by atomic mass is 10.0. The highest BCUT2D eigenvalue weighted by Crippen LogP contribution is 2.30. The molecule has 0 amide bonds. The zero-order valence-electron chi connectivity index (χ0n) is 18.8. The van der Waals surface area contributed by atoms with Gasteiger partial charge in [-0.25, -0.2) is 13.2 Å². The van der Waals surface area contributed by atoms with Gasteiger partial charge in [-0.2, -0.15) is 4.31 Å². The summed E-state index contributed by atoms with van der Waals surface area (Å²) in [5.41, 5.74) is 3.36. The number of aryl methyl sites for hydroxylation is 1. The topological polar surface area (TPSA) is 93.6 Å². The maximum Gasteiger partial charge on any atom is 0.339 e. The van der Waals surface area contributed by atoms with Crippen molar-refractivity contribution in [1.29, 1.82) is 0 Å². The van der Waals surface area contributed by atoms with Gasteiger partial charge >= 0.3 is 5.97 Å². The molecular formula is C26H26N2O5S. The molecule has 1 saturated heterocycles. The largest absolute Gasteiger partial charge is 0.454 e. The van der Waals surface area contributed by atoms with Crippen molar-refractivity contribution in [3.8, 4) is 0 Å². The van der Waals surface area contributed by atoms with Crippen LogP contribution in [0.15, 0.2) is 53.4 Å². The predicted octanol–water partition coefficient (Wildman–Crippen LogP) is 3.94. The quantitative estimate of drug-likeness (QED) is 0.394. The number of sulfonamides is 1. The van der Waals surface area contributed by atoms with Gasteiger partial charge in [0.2, 0.25) is 10.0 Å². The highest BCUT2D eigenvalue weighted by Gasteiger charge is 2.27. The molecule has 2 aliphatic rings. The summed E-state index contributed by atoms with van der Waals surface area (Å²) in [5.74, 6) is -0.917. The smallest absolute Gasteiger partial charge is 0.339 e. The van der Waals surface area contributed by atoms with E-state index in [0.29, 0.717) is 24.2 Å². The summed E-state index contributed by atoms with van der Waals surface area (Å²) < 4.78 is 32.5. The number of fused-ring (bicyclic) bond motifs is 2. The fourth-order valence-electron chi connectivity index (χ4n) is 4.80. The van der Waals surface area contributed by atoms with Crippen molar-refractivity contribution < 1.29 is 22.7 Å². The van der Waals surface area contributed by atoms with E-state index in [2.05, 4.69) is 4.98 Å². The van der Waals surface area contributed by atoms with Crippen molar-refractivity contribution in [3.63, 3.8) is 0 Å². The molecule has 0 radical (unpaired) electrons. The fourth-order valence-corrected chi connectivity index (χ4v) is 6.31. The molecule has 34 heavy (non-hydrogen) atoms. The summed E-state index contributed by atoms with van der Waals surface area (Å²) in [6.45, 7) is 0.626. The van der Waals surface area contributed by atoms with Crippen molar-refractivity contribution in [1.82, 2.24) is 9.29 Å². The zero-order valence-corrected chi connectivity index (χ0v) is 19.6. The molecule has 1 fully saturated rings. The van der Waals surface area contributed by atoms with Crippen molar-refractivity contribution in [2.45, 2.75) is 43.4 Å². The van der Waals surface area contributed by atoms with Crippen LogP contribution in [-0.4, -0.2) is 49.2 Å². The average Bonchev–Trinajstić information content (AvgIpc) is 3.34. The third-order valence-electron chi connectivity index (χ3n) is 6.59. The Labute approximate surface area is 198 Å². The molecule has 5 rings (SSSR count). The van der Waals surface area contributed by atoms with Crippen LogP contribution in [-0.2, 0) is 27.6 Å². The molecule has 1 aliphatic carbocycles. The van der Waals surface area contributed by atoms with Gasteiger partial charge < -0.3 is 4.74 Å². The summed E-state index contributed by atoms with van der Waals surface area (Å²) in [4.78, 5) is 30.6. The molecule has 8 heteroatoms. The first-order valence-electron chi connectivity index (χ1n) is 11.7. The molecule has 176 valence electrons. The number of hydrogen-bond acceptors (Lipinski definition) is 6. The van der Waals surface area contributed by atoms with Crippen LogP contribution in [0, 0.1) is 0 Å². The Morgan fingerprint density at radius 3 is 2.41 bits per heavy atom. The van der Waals surface area contributed by atoms with Gasteiger partial charge in [-0.05, 0) is 68.0 Å². The first-order chi connectivity index (χ1) is 16.4. The van der Waals surface area contributed by atoms with Crippen molar-refractivity contribution in [3.05, 3.63) is 70.9 Å². The van der Waals surface area contributed by atoms with Gasteiger partial charge in [-0.1, -0.05) is 24.6 Å². The molecule has 2 heterocycles. The van der Waals surface area contributed by atoms with Crippen LogP contribution in [0.2, 0.25) is 0 Å².